The van der Waals surface area contributed by atoms with E-state index in [1.807, 2.05) is 6.08 Å². The molecule has 0 aromatic heterocycles. The van der Waals surface area contributed by atoms with Crippen molar-refractivity contribution in [3.8, 4) is 0 Å². The Hall–Kier alpha value is -0.340. The molecule has 3 rings (SSSR count). The van der Waals surface area contributed by atoms with Gasteiger partial charge in [-0.15, -0.1) is 6.58 Å². The minimum atomic E-state index is -0.500. The lowest BCUT2D eigenvalue weighted by atomic mass is 9.62. The van der Waals surface area contributed by atoms with Crippen molar-refractivity contribution in [2.45, 2.75) is 31.5 Å². The van der Waals surface area contributed by atoms with E-state index in [1.165, 1.54) is 0 Å². The second-order valence-electron chi connectivity index (χ2n) is 4.12. The summed E-state index contributed by atoms with van der Waals surface area (Å²) in [5.41, 5.74) is 0. The molecule has 0 spiro atoms. The first-order chi connectivity index (χ1) is 5.74. The van der Waals surface area contributed by atoms with Crippen molar-refractivity contribution in [3.05, 3.63) is 12.7 Å². The van der Waals surface area contributed by atoms with Crippen LogP contribution in [0.1, 0.15) is 19.3 Å². The zero-order valence-electron chi connectivity index (χ0n) is 7.19. The predicted octanol–water partition coefficient (Wildman–Crippen LogP) is 0.940. The molecule has 3 aliphatic rings. The zero-order chi connectivity index (χ0) is 8.72. The fraction of sp³-hybridized carbons (Fsp3) is 0.800. The molecule has 0 aliphatic heterocycles. The number of hydrogen-bond acceptors (Lipinski definition) is 2. The highest BCUT2D eigenvalue weighted by molar-refractivity contribution is 5.02. The van der Waals surface area contributed by atoms with Gasteiger partial charge in [-0.05, 0) is 37.0 Å². The summed E-state index contributed by atoms with van der Waals surface area (Å²) in [5, 5.41) is 19.3. The molecule has 2 heteroatoms. The quantitative estimate of drug-likeness (QED) is 0.572. The smallest absolute Gasteiger partial charge is 0.0835 e. The third-order valence-electron chi connectivity index (χ3n) is 3.57. The summed E-state index contributed by atoms with van der Waals surface area (Å²) < 4.78 is 0. The Morgan fingerprint density at radius 3 is 2.50 bits per heavy atom. The second-order valence-corrected chi connectivity index (χ2v) is 4.12. The Labute approximate surface area is 72.9 Å². The fourth-order valence-corrected chi connectivity index (χ4v) is 2.80. The van der Waals surface area contributed by atoms with Gasteiger partial charge in [0, 0.05) is 0 Å². The molecule has 0 amide bonds. The van der Waals surface area contributed by atoms with Gasteiger partial charge in [-0.2, -0.15) is 0 Å². The molecule has 3 saturated carbocycles. The van der Waals surface area contributed by atoms with Gasteiger partial charge >= 0.3 is 0 Å². The molecule has 5 atom stereocenters. The van der Waals surface area contributed by atoms with E-state index in [1.54, 1.807) is 0 Å². The maximum atomic E-state index is 9.67. The van der Waals surface area contributed by atoms with Crippen LogP contribution in [-0.4, -0.2) is 22.4 Å². The molecule has 2 nitrogen and oxygen atoms in total. The molecule has 12 heavy (non-hydrogen) atoms. The summed E-state index contributed by atoms with van der Waals surface area (Å²) in [6, 6.07) is 0. The van der Waals surface area contributed by atoms with Crippen molar-refractivity contribution in [2.24, 2.45) is 17.8 Å². The number of allylic oxidation sites excluding steroid dienone is 1. The van der Waals surface area contributed by atoms with Crippen LogP contribution in [0.25, 0.3) is 0 Å². The summed E-state index contributed by atoms with van der Waals surface area (Å²) in [6.07, 6.45) is 4.12. The van der Waals surface area contributed by atoms with Gasteiger partial charge in [0.1, 0.15) is 0 Å². The molecule has 2 N–H and O–H groups in total. The van der Waals surface area contributed by atoms with Crippen LogP contribution in [0.15, 0.2) is 12.7 Å². The second kappa shape index (κ2) is 2.86. The Morgan fingerprint density at radius 1 is 1.17 bits per heavy atom. The summed E-state index contributed by atoms with van der Waals surface area (Å²) in [7, 11) is 0. The zero-order valence-corrected chi connectivity index (χ0v) is 7.19. The van der Waals surface area contributed by atoms with Crippen LogP contribution < -0.4 is 0 Å². The first-order valence-corrected chi connectivity index (χ1v) is 4.72. The van der Waals surface area contributed by atoms with Gasteiger partial charge in [0.05, 0.1) is 12.2 Å². The SMILES string of the molecule is C=CC1CC2CCC1C(O)C2O. The number of fused-ring (bicyclic) bond motifs is 3. The number of aliphatic hydroxyl groups is 2. The lowest BCUT2D eigenvalue weighted by Crippen LogP contribution is -2.51. The van der Waals surface area contributed by atoms with E-state index in [9.17, 15) is 10.2 Å². The molecule has 0 aromatic rings. The van der Waals surface area contributed by atoms with Gasteiger partial charge in [0.15, 0.2) is 0 Å². The monoisotopic (exact) mass is 168 g/mol. The highest BCUT2D eigenvalue weighted by Gasteiger charge is 2.46. The Bertz CT molecular complexity index is 188. The van der Waals surface area contributed by atoms with Crippen LogP contribution in [0.4, 0.5) is 0 Å². The molecule has 0 saturated heterocycles. The van der Waals surface area contributed by atoms with Crippen LogP contribution in [0.3, 0.4) is 0 Å². The van der Waals surface area contributed by atoms with Crippen molar-refractivity contribution in [2.75, 3.05) is 0 Å². The van der Waals surface area contributed by atoms with Crippen molar-refractivity contribution in [1.82, 2.24) is 0 Å². The highest BCUT2D eigenvalue weighted by atomic mass is 16.3. The summed E-state index contributed by atoms with van der Waals surface area (Å²) in [4.78, 5) is 0. The Balaban J connectivity index is 2.17. The van der Waals surface area contributed by atoms with Crippen LogP contribution in [0.5, 0.6) is 0 Å². The minimum absolute atomic E-state index is 0.266. The largest absolute Gasteiger partial charge is 0.390 e. The van der Waals surface area contributed by atoms with Crippen molar-refractivity contribution >= 4 is 0 Å². The van der Waals surface area contributed by atoms with Crippen LogP contribution >= 0.6 is 0 Å². The van der Waals surface area contributed by atoms with E-state index in [-0.39, 0.29) is 5.92 Å². The molecule has 5 unspecified atom stereocenters. The summed E-state index contributed by atoms with van der Waals surface area (Å²) in [6.45, 7) is 3.77. The molecule has 3 aliphatic carbocycles. The number of rotatable bonds is 1. The molecule has 2 bridgehead atoms. The predicted molar refractivity (Wildman–Crippen MR) is 46.5 cm³/mol. The van der Waals surface area contributed by atoms with E-state index in [0.717, 1.165) is 19.3 Å². The summed E-state index contributed by atoms with van der Waals surface area (Å²) in [5.74, 6) is 1.01. The molecule has 68 valence electrons. The fourth-order valence-electron chi connectivity index (χ4n) is 2.80. The first-order valence-electron chi connectivity index (χ1n) is 4.72. The maximum absolute atomic E-state index is 9.67. The molecule has 0 heterocycles. The number of hydrogen-bond donors (Lipinski definition) is 2. The van der Waals surface area contributed by atoms with E-state index in [4.69, 9.17) is 0 Å². The molecule has 0 radical (unpaired) electrons. The molecule has 0 aromatic carbocycles. The third kappa shape index (κ3) is 1.02. The van der Waals surface area contributed by atoms with Gasteiger partial charge in [-0.25, -0.2) is 0 Å². The van der Waals surface area contributed by atoms with Gasteiger partial charge in [0.25, 0.3) is 0 Å². The summed E-state index contributed by atoms with van der Waals surface area (Å²) >= 11 is 0. The normalized spacial score (nSPS) is 52.3. The van der Waals surface area contributed by atoms with Crippen molar-refractivity contribution < 1.29 is 10.2 Å². The van der Waals surface area contributed by atoms with Crippen molar-refractivity contribution in [1.29, 1.82) is 0 Å². The number of aliphatic hydroxyl groups excluding tert-OH is 2. The van der Waals surface area contributed by atoms with Gasteiger partial charge < -0.3 is 10.2 Å². The molecular formula is C10H16O2. The Morgan fingerprint density at radius 2 is 1.92 bits per heavy atom. The minimum Gasteiger partial charge on any atom is -0.390 e. The van der Waals surface area contributed by atoms with Gasteiger partial charge in [0.2, 0.25) is 0 Å². The lowest BCUT2D eigenvalue weighted by molar-refractivity contribution is -0.123. The third-order valence-corrected chi connectivity index (χ3v) is 3.57. The average molecular weight is 168 g/mol. The standard InChI is InChI=1S/C10H16O2/c1-2-6-5-7-3-4-8(6)10(12)9(7)11/h2,6-12H,1,3-5H2. The van der Waals surface area contributed by atoms with Crippen LogP contribution in [0.2, 0.25) is 0 Å². The van der Waals surface area contributed by atoms with Crippen LogP contribution in [0, 0.1) is 17.8 Å². The van der Waals surface area contributed by atoms with Crippen molar-refractivity contribution in [3.63, 3.8) is 0 Å². The van der Waals surface area contributed by atoms with Gasteiger partial charge in [-0.1, -0.05) is 6.08 Å². The molecular weight excluding hydrogens is 152 g/mol. The Kier molecular flexibility index (Phi) is 1.97. The first kappa shape index (κ1) is 8.27. The average Bonchev–Trinajstić information content (AvgIpc) is 2.12. The molecule has 3 fully saturated rings. The van der Waals surface area contributed by atoms with Crippen LogP contribution in [-0.2, 0) is 0 Å². The topological polar surface area (TPSA) is 40.5 Å². The van der Waals surface area contributed by atoms with Gasteiger partial charge in [-0.3, -0.25) is 0 Å². The van der Waals surface area contributed by atoms with E-state index in [2.05, 4.69) is 6.58 Å². The van der Waals surface area contributed by atoms with E-state index >= 15 is 0 Å². The highest BCUT2D eigenvalue weighted by Crippen LogP contribution is 2.45. The lowest BCUT2D eigenvalue weighted by Gasteiger charge is -2.47. The van der Waals surface area contributed by atoms with E-state index in [0.29, 0.717) is 11.8 Å². The van der Waals surface area contributed by atoms with E-state index < -0.39 is 12.2 Å². The maximum Gasteiger partial charge on any atom is 0.0835 e.